The minimum absolute atomic E-state index is 0.627. The summed E-state index contributed by atoms with van der Waals surface area (Å²) in [6.07, 6.45) is 12.0. The first-order valence-electron chi connectivity index (χ1n) is 16.0. The Kier molecular flexibility index (Phi) is 6.63. The zero-order chi connectivity index (χ0) is 24.7. The van der Waals surface area contributed by atoms with E-state index in [-0.39, 0.29) is 0 Å². The molecule has 0 N–H and O–H groups in total. The molecule has 6 fully saturated rings. The molecule has 0 amide bonds. The van der Waals surface area contributed by atoms with Crippen molar-refractivity contribution in [2.45, 2.75) is 121 Å². The summed E-state index contributed by atoms with van der Waals surface area (Å²) < 4.78 is 0. The van der Waals surface area contributed by atoms with Crippen LogP contribution >= 0.6 is 0 Å². The van der Waals surface area contributed by atoms with Crippen LogP contribution in [0.15, 0.2) is 0 Å². The van der Waals surface area contributed by atoms with Crippen molar-refractivity contribution in [2.75, 3.05) is 0 Å². The molecule has 0 radical (unpaired) electrons. The fraction of sp³-hybridized carbons (Fsp3) is 1.00. The standard InChI is InChI=1S/2C17H30/c2*1-6-7-12-8-10(2)15-13-9-14(16(12)15)17(4,5)11(13)3/h2*10-16H,6-9H2,1-5H3. The van der Waals surface area contributed by atoms with Gasteiger partial charge in [0.25, 0.3) is 0 Å². The summed E-state index contributed by atoms with van der Waals surface area (Å²) in [5.41, 5.74) is 1.25. The Morgan fingerprint density at radius 2 is 0.882 bits per heavy atom. The van der Waals surface area contributed by atoms with Crippen LogP contribution in [0.4, 0.5) is 0 Å². The van der Waals surface area contributed by atoms with Gasteiger partial charge < -0.3 is 0 Å². The lowest BCUT2D eigenvalue weighted by molar-refractivity contribution is 0.0287. The molecule has 196 valence electrons. The summed E-state index contributed by atoms with van der Waals surface area (Å²) in [5, 5.41) is 0. The van der Waals surface area contributed by atoms with Crippen LogP contribution in [0.1, 0.15) is 121 Å². The number of hydrogen-bond acceptors (Lipinski definition) is 0. The lowest BCUT2D eigenvalue weighted by Gasteiger charge is -2.45. The molecule has 0 saturated heterocycles. The Labute approximate surface area is 214 Å². The van der Waals surface area contributed by atoms with Crippen LogP contribution < -0.4 is 0 Å². The minimum atomic E-state index is 0.627. The summed E-state index contributed by atoms with van der Waals surface area (Å²) >= 11 is 0. The van der Waals surface area contributed by atoms with Crippen molar-refractivity contribution in [1.29, 1.82) is 0 Å². The normalized spacial score (nSPS) is 55.2. The van der Waals surface area contributed by atoms with E-state index in [9.17, 15) is 0 Å². The zero-order valence-electron chi connectivity index (χ0n) is 24.7. The average molecular weight is 469 g/mol. The molecule has 6 aliphatic rings. The molecule has 0 aromatic carbocycles. The van der Waals surface area contributed by atoms with Gasteiger partial charge in [-0.05, 0) is 119 Å². The maximum atomic E-state index is 2.56. The maximum absolute atomic E-state index is 2.56. The highest BCUT2D eigenvalue weighted by molar-refractivity contribution is 5.13. The van der Waals surface area contributed by atoms with Gasteiger partial charge in [0.2, 0.25) is 0 Å². The third-order valence-electron chi connectivity index (χ3n) is 14.5. The lowest BCUT2D eigenvalue weighted by atomic mass is 9.60. The summed E-state index contributed by atoms with van der Waals surface area (Å²) in [4.78, 5) is 0. The molecule has 0 aliphatic heterocycles. The monoisotopic (exact) mass is 468 g/mol. The molecule has 0 spiro atoms. The summed E-state index contributed by atoms with van der Waals surface area (Å²) in [6.45, 7) is 25.2. The maximum Gasteiger partial charge on any atom is -0.0295 e. The quantitative estimate of drug-likeness (QED) is 0.385. The molecule has 6 aliphatic carbocycles. The van der Waals surface area contributed by atoms with Crippen molar-refractivity contribution in [3.63, 3.8) is 0 Å². The highest BCUT2D eigenvalue weighted by Crippen LogP contribution is 2.72. The fourth-order valence-corrected chi connectivity index (χ4v) is 12.6. The largest absolute Gasteiger partial charge is 0.0654 e. The van der Waals surface area contributed by atoms with Crippen molar-refractivity contribution < 1.29 is 0 Å². The molecule has 4 bridgehead atoms. The second-order valence-electron chi connectivity index (χ2n) is 16.1. The van der Waals surface area contributed by atoms with Crippen LogP contribution in [-0.4, -0.2) is 0 Å². The van der Waals surface area contributed by atoms with Crippen molar-refractivity contribution in [2.24, 2.45) is 93.7 Å². The Balaban J connectivity index is 0.000000142. The summed E-state index contributed by atoms with van der Waals surface area (Å²) in [5.74, 6) is 14.7. The zero-order valence-corrected chi connectivity index (χ0v) is 24.7. The van der Waals surface area contributed by atoms with E-state index in [4.69, 9.17) is 0 Å². The van der Waals surface area contributed by atoms with Gasteiger partial charge in [0.05, 0.1) is 0 Å². The Hall–Kier alpha value is 0. The molecule has 0 heteroatoms. The molecule has 14 atom stereocenters. The summed E-state index contributed by atoms with van der Waals surface area (Å²) in [6, 6.07) is 0. The van der Waals surface area contributed by atoms with E-state index in [2.05, 4.69) is 69.2 Å². The minimum Gasteiger partial charge on any atom is -0.0654 e. The lowest BCUT2D eigenvalue weighted by Crippen LogP contribution is -2.40. The molecular formula is C34H60. The third-order valence-corrected chi connectivity index (χ3v) is 14.5. The van der Waals surface area contributed by atoms with E-state index in [1.54, 1.807) is 25.7 Å². The second-order valence-corrected chi connectivity index (χ2v) is 16.1. The third kappa shape index (κ3) is 3.48. The van der Waals surface area contributed by atoms with Crippen LogP contribution in [0, 0.1) is 93.7 Å². The molecule has 0 aromatic rings. The van der Waals surface area contributed by atoms with Crippen LogP contribution in [0.25, 0.3) is 0 Å². The van der Waals surface area contributed by atoms with Crippen LogP contribution in [0.5, 0.6) is 0 Å². The SMILES string of the molecule is CCCC1CC(C)C2C3CC(C12)C(C)(C)C3C.CCCC1CC(C)C2C3CC(C12)C(C)(C)C3C. The predicted molar refractivity (Wildman–Crippen MR) is 147 cm³/mol. The highest BCUT2D eigenvalue weighted by atomic mass is 14.7. The van der Waals surface area contributed by atoms with E-state index in [1.807, 2.05) is 0 Å². The Morgan fingerprint density at radius 3 is 1.21 bits per heavy atom. The van der Waals surface area contributed by atoms with Gasteiger partial charge in [-0.2, -0.15) is 0 Å². The van der Waals surface area contributed by atoms with Gasteiger partial charge >= 0.3 is 0 Å². The molecular weight excluding hydrogens is 408 g/mol. The molecule has 0 nitrogen and oxygen atoms in total. The average Bonchev–Trinajstić information content (AvgIpc) is 3.55. The van der Waals surface area contributed by atoms with Crippen molar-refractivity contribution >= 4 is 0 Å². The van der Waals surface area contributed by atoms with Gasteiger partial charge in [0.1, 0.15) is 0 Å². The van der Waals surface area contributed by atoms with E-state index >= 15 is 0 Å². The molecule has 14 unspecified atom stereocenters. The fourth-order valence-electron chi connectivity index (χ4n) is 12.6. The Bertz CT molecular complexity index is 668. The molecule has 6 saturated carbocycles. The number of hydrogen-bond donors (Lipinski definition) is 0. The molecule has 0 aromatic heterocycles. The smallest absolute Gasteiger partial charge is 0.0295 e. The first-order valence-corrected chi connectivity index (χ1v) is 16.0. The molecule has 34 heavy (non-hydrogen) atoms. The van der Waals surface area contributed by atoms with Crippen LogP contribution in [0.2, 0.25) is 0 Å². The van der Waals surface area contributed by atoms with Gasteiger partial charge in [-0.3, -0.25) is 0 Å². The van der Waals surface area contributed by atoms with E-state index in [1.165, 1.54) is 25.7 Å². The van der Waals surface area contributed by atoms with Crippen molar-refractivity contribution in [3.8, 4) is 0 Å². The van der Waals surface area contributed by atoms with Crippen molar-refractivity contribution in [3.05, 3.63) is 0 Å². The van der Waals surface area contributed by atoms with E-state index in [0.29, 0.717) is 10.8 Å². The topological polar surface area (TPSA) is 0 Å². The van der Waals surface area contributed by atoms with Gasteiger partial charge in [-0.15, -0.1) is 0 Å². The van der Waals surface area contributed by atoms with Gasteiger partial charge in [-0.25, -0.2) is 0 Å². The molecule has 0 heterocycles. The van der Waals surface area contributed by atoms with Crippen LogP contribution in [0.3, 0.4) is 0 Å². The first kappa shape index (κ1) is 25.6. The first-order chi connectivity index (χ1) is 16.0. The number of rotatable bonds is 4. The van der Waals surface area contributed by atoms with Crippen LogP contribution in [-0.2, 0) is 0 Å². The van der Waals surface area contributed by atoms with Gasteiger partial charge in [-0.1, -0.05) is 94.9 Å². The van der Waals surface area contributed by atoms with Gasteiger partial charge in [0, 0.05) is 0 Å². The number of fused-ring (bicyclic) bond motifs is 10. The van der Waals surface area contributed by atoms with Gasteiger partial charge in [0.15, 0.2) is 0 Å². The predicted octanol–water partition coefficient (Wildman–Crippen LogP) is 9.97. The second kappa shape index (κ2) is 8.79. The Morgan fingerprint density at radius 1 is 0.529 bits per heavy atom. The summed E-state index contributed by atoms with van der Waals surface area (Å²) in [7, 11) is 0. The highest BCUT2D eigenvalue weighted by Gasteiger charge is 2.65. The van der Waals surface area contributed by atoms with Crippen molar-refractivity contribution in [1.82, 2.24) is 0 Å². The molecule has 6 rings (SSSR count). The van der Waals surface area contributed by atoms with E-state index < -0.39 is 0 Å². The van der Waals surface area contributed by atoms with E-state index in [0.717, 1.165) is 82.9 Å².